The number of benzene rings is 2. The van der Waals surface area contributed by atoms with E-state index in [1.807, 2.05) is 51.1 Å². The number of carbonyl (C=O) groups excluding carboxylic acids is 2. The minimum Gasteiger partial charge on any atom is -0.490 e. The molecule has 0 radical (unpaired) electrons. The number of rotatable bonds is 7. The van der Waals surface area contributed by atoms with Crippen molar-refractivity contribution in [2.75, 3.05) is 30.0 Å². The maximum absolute atomic E-state index is 12.9. The summed E-state index contributed by atoms with van der Waals surface area (Å²) < 4.78 is 11.5. The topological polar surface area (TPSA) is 67.9 Å². The second-order valence-electron chi connectivity index (χ2n) is 8.87. The van der Waals surface area contributed by atoms with Gasteiger partial charge in [0.1, 0.15) is 18.1 Å². The zero-order valence-electron chi connectivity index (χ0n) is 19.0. The fraction of sp³-hybridized carbons (Fsp3) is 0.440. The molecule has 0 saturated heterocycles. The van der Waals surface area contributed by atoms with Crippen molar-refractivity contribution in [1.82, 2.24) is 0 Å². The van der Waals surface area contributed by atoms with Crippen LogP contribution in [-0.4, -0.2) is 31.6 Å². The molecule has 0 unspecified atom stereocenters. The molecule has 166 valence electrons. The number of hydrogen-bond acceptors (Lipinski definition) is 4. The monoisotopic (exact) mass is 424 g/mol. The van der Waals surface area contributed by atoms with Crippen LogP contribution in [0.1, 0.15) is 52.5 Å². The van der Waals surface area contributed by atoms with E-state index in [2.05, 4.69) is 19.2 Å². The Morgan fingerprint density at radius 3 is 2.55 bits per heavy atom. The second kappa shape index (κ2) is 9.41. The van der Waals surface area contributed by atoms with Gasteiger partial charge in [0.25, 0.3) is 5.91 Å². The molecule has 2 aromatic carbocycles. The molecule has 2 amide bonds. The van der Waals surface area contributed by atoms with E-state index in [0.717, 1.165) is 12.1 Å². The quantitative estimate of drug-likeness (QED) is 0.680. The van der Waals surface area contributed by atoms with Crippen LogP contribution in [0.5, 0.6) is 11.5 Å². The lowest BCUT2D eigenvalue weighted by Gasteiger charge is -2.27. The number of hydrogen-bond donors (Lipinski definition) is 1. The van der Waals surface area contributed by atoms with E-state index in [-0.39, 0.29) is 25.0 Å². The van der Waals surface area contributed by atoms with Crippen LogP contribution in [0.25, 0.3) is 0 Å². The minimum atomic E-state index is -0.615. The molecule has 6 heteroatoms. The van der Waals surface area contributed by atoms with E-state index in [9.17, 15) is 9.59 Å². The molecular formula is C25H32N2O4. The molecule has 0 atom stereocenters. The summed E-state index contributed by atoms with van der Waals surface area (Å²) in [5.41, 5.74) is 1.94. The molecule has 0 bridgehead atoms. The van der Waals surface area contributed by atoms with E-state index >= 15 is 0 Å². The predicted octanol–water partition coefficient (Wildman–Crippen LogP) is 4.99. The third-order valence-electron chi connectivity index (χ3n) is 5.31. The lowest BCUT2D eigenvalue weighted by Crippen LogP contribution is -2.42. The zero-order chi connectivity index (χ0) is 22.6. The number of ether oxygens (including phenoxy) is 2. The van der Waals surface area contributed by atoms with Crippen molar-refractivity contribution in [2.24, 2.45) is 5.41 Å². The zero-order valence-corrected chi connectivity index (χ0v) is 19.0. The molecule has 6 nitrogen and oxygen atoms in total. The van der Waals surface area contributed by atoms with Crippen molar-refractivity contribution in [3.63, 3.8) is 0 Å². The van der Waals surface area contributed by atoms with Crippen molar-refractivity contribution in [3.05, 3.63) is 48.0 Å². The van der Waals surface area contributed by atoms with Gasteiger partial charge in [-0.25, -0.2) is 0 Å². The first-order valence-corrected chi connectivity index (χ1v) is 10.8. The van der Waals surface area contributed by atoms with E-state index in [4.69, 9.17) is 9.47 Å². The van der Waals surface area contributed by atoms with Crippen LogP contribution in [0.15, 0.2) is 42.5 Å². The lowest BCUT2D eigenvalue weighted by molar-refractivity contribution is -0.127. The molecule has 2 aromatic rings. The summed E-state index contributed by atoms with van der Waals surface area (Å²) in [5.74, 6) is 1.48. The first kappa shape index (κ1) is 22.7. The molecule has 1 N–H and O–H groups in total. The van der Waals surface area contributed by atoms with Crippen LogP contribution < -0.4 is 19.7 Å². The van der Waals surface area contributed by atoms with Crippen molar-refractivity contribution in [2.45, 2.75) is 47.0 Å². The van der Waals surface area contributed by atoms with Crippen LogP contribution in [0.3, 0.4) is 0 Å². The van der Waals surface area contributed by atoms with Gasteiger partial charge < -0.3 is 19.7 Å². The first-order valence-electron chi connectivity index (χ1n) is 10.8. The number of nitrogens with one attached hydrogen (secondary N) is 1. The van der Waals surface area contributed by atoms with Crippen LogP contribution >= 0.6 is 0 Å². The van der Waals surface area contributed by atoms with Gasteiger partial charge in [0, 0.05) is 18.3 Å². The summed E-state index contributed by atoms with van der Waals surface area (Å²) in [7, 11) is 0. The highest BCUT2D eigenvalue weighted by atomic mass is 16.5. The Balaban J connectivity index is 1.67. The fourth-order valence-corrected chi connectivity index (χ4v) is 3.47. The summed E-state index contributed by atoms with van der Waals surface area (Å²) >= 11 is 0. The largest absolute Gasteiger partial charge is 0.490 e. The number of amides is 2. The number of carbonyl (C=O) groups is 2. The van der Waals surface area contributed by atoms with Crippen LogP contribution in [0.4, 0.5) is 11.4 Å². The van der Waals surface area contributed by atoms with E-state index in [1.165, 1.54) is 5.56 Å². The Morgan fingerprint density at radius 2 is 1.90 bits per heavy atom. The van der Waals surface area contributed by atoms with Gasteiger partial charge in [0.05, 0.1) is 11.1 Å². The van der Waals surface area contributed by atoms with Crippen molar-refractivity contribution >= 4 is 23.2 Å². The van der Waals surface area contributed by atoms with Gasteiger partial charge >= 0.3 is 0 Å². The summed E-state index contributed by atoms with van der Waals surface area (Å²) in [4.78, 5) is 27.1. The van der Waals surface area contributed by atoms with E-state index < -0.39 is 5.41 Å². The van der Waals surface area contributed by atoms with Gasteiger partial charge in [-0.15, -0.1) is 0 Å². The van der Waals surface area contributed by atoms with Gasteiger partial charge in [-0.1, -0.05) is 32.9 Å². The van der Waals surface area contributed by atoms with Gasteiger partial charge in [-0.05, 0) is 56.0 Å². The second-order valence-corrected chi connectivity index (χ2v) is 8.87. The Kier molecular flexibility index (Phi) is 6.88. The third-order valence-corrected chi connectivity index (χ3v) is 5.31. The van der Waals surface area contributed by atoms with Crippen LogP contribution in [0, 0.1) is 5.41 Å². The smallest absolute Gasteiger partial charge is 0.262 e. The van der Waals surface area contributed by atoms with Crippen molar-refractivity contribution in [1.29, 1.82) is 0 Å². The average molecular weight is 425 g/mol. The highest BCUT2D eigenvalue weighted by Crippen LogP contribution is 2.38. The van der Waals surface area contributed by atoms with Gasteiger partial charge in [-0.3, -0.25) is 9.59 Å². The molecule has 31 heavy (non-hydrogen) atoms. The normalized spacial score (nSPS) is 15.2. The van der Waals surface area contributed by atoms with Crippen LogP contribution in [-0.2, 0) is 9.59 Å². The molecule has 0 fully saturated rings. The maximum atomic E-state index is 12.9. The Labute approximate surface area is 184 Å². The van der Waals surface area contributed by atoms with Crippen molar-refractivity contribution < 1.29 is 19.1 Å². The SMILES string of the molecule is CCCN1C(=O)C(C)(C)COc2cc(NC(=O)COc3ccc(C(C)C)cc3)ccc21. The van der Waals surface area contributed by atoms with E-state index in [0.29, 0.717) is 29.6 Å². The Hall–Kier alpha value is -3.02. The molecule has 0 aliphatic carbocycles. The number of anilines is 2. The third kappa shape index (κ3) is 5.37. The Bertz CT molecular complexity index is 935. The summed E-state index contributed by atoms with van der Waals surface area (Å²) in [6.07, 6.45) is 0.842. The van der Waals surface area contributed by atoms with Crippen molar-refractivity contribution in [3.8, 4) is 11.5 Å². The molecule has 3 rings (SSSR count). The molecule has 1 aliphatic heterocycles. The van der Waals surface area contributed by atoms with Gasteiger partial charge in [0.15, 0.2) is 6.61 Å². The molecule has 0 saturated carbocycles. The minimum absolute atomic E-state index is 0.0433. The van der Waals surface area contributed by atoms with Gasteiger partial charge in [-0.2, -0.15) is 0 Å². The average Bonchev–Trinajstić information content (AvgIpc) is 2.83. The summed E-state index contributed by atoms with van der Waals surface area (Å²) in [6, 6.07) is 13.1. The molecule has 1 aliphatic rings. The predicted molar refractivity (Wildman–Crippen MR) is 123 cm³/mol. The number of nitrogens with zero attached hydrogens (tertiary/aromatic N) is 1. The van der Waals surface area contributed by atoms with Crippen LogP contribution in [0.2, 0.25) is 0 Å². The summed E-state index contributed by atoms with van der Waals surface area (Å²) in [6.45, 7) is 10.9. The molecule has 0 aromatic heterocycles. The fourth-order valence-electron chi connectivity index (χ4n) is 3.47. The summed E-state index contributed by atoms with van der Waals surface area (Å²) in [5, 5.41) is 2.84. The maximum Gasteiger partial charge on any atom is 0.262 e. The Morgan fingerprint density at radius 1 is 1.19 bits per heavy atom. The lowest BCUT2D eigenvalue weighted by atomic mass is 9.93. The molecule has 0 spiro atoms. The number of fused-ring (bicyclic) bond motifs is 1. The highest BCUT2D eigenvalue weighted by molar-refractivity contribution is 6.00. The highest BCUT2D eigenvalue weighted by Gasteiger charge is 2.37. The first-order chi connectivity index (χ1) is 14.7. The van der Waals surface area contributed by atoms with Gasteiger partial charge in [0.2, 0.25) is 5.91 Å². The molecular weight excluding hydrogens is 392 g/mol. The molecule has 1 heterocycles. The van der Waals surface area contributed by atoms with E-state index in [1.54, 1.807) is 17.0 Å². The standard InChI is InChI=1S/C25H32N2O4/c1-6-13-27-21-12-9-19(14-22(21)31-16-25(4,5)24(27)29)26-23(28)15-30-20-10-7-18(8-11-20)17(2)3/h7-12,14,17H,6,13,15-16H2,1-5H3,(H,26,28).